The Labute approximate surface area is 203 Å². The predicted molar refractivity (Wildman–Crippen MR) is 128 cm³/mol. The molecule has 0 atom stereocenters. The van der Waals surface area contributed by atoms with Gasteiger partial charge in [-0.2, -0.15) is 4.98 Å². The van der Waals surface area contributed by atoms with Crippen molar-refractivity contribution >= 4 is 23.0 Å². The molecule has 3 aromatic rings. The lowest BCUT2D eigenvalue weighted by Crippen LogP contribution is -2.53. The van der Waals surface area contributed by atoms with Crippen molar-refractivity contribution in [2.75, 3.05) is 38.5 Å². The topological polar surface area (TPSA) is 115 Å². The highest BCUT2D eigenvalue weighted by atomic mass is 19.1. The number of carbonyl (C=O) groups is 1. The van der Waals surface area contributed by atoms with E-state index in [9.17, 15) is 4.79 Å². The summed E-state index contributed by atoms with van der Waals surface area (Å²) >= 11 is 0. The molecule has 1 amide bonds. The number of hydrogen-bond donors (Lipinski definition) is 1. The Balaban J connectivity index is 1.19. The van der Waals surface area contributed by atoms with E-state index >= 15 is 4.39 Å². The number of piperidine rings is 2. The van der Waals surface area contributed by atoms with Gasteiger partial charge in [0.1, 0.15) is 5.52 Å². The Morgan fingerprint density at radius 2 is 1.89 bits per heavy atom. The molecule has 0 spiro atoms. The van der Waals surface area contributed by atoms with E-state index in [1.165, 1.54) is 0 Å². The number of carbonyl (C=O) groups excluding carboxylic acids is 1. The number of halogens is 1. The van der Waals surface area contributed by atoms with Crippen LogP contribution in [0.4, 0.5) is 10.3 Å². The molecule has 2 aliphatic rings. The molecule has 5 heterocycles. The summed E-state index contributed by atoms with van der Waals surface area (Å²) in [5, 5.41) is 0. The van der Waals surface area contributed by atoms with E-state index in [1.807, 2.05) is 23.6 Å². The van der Waals surface area contributed by atoms with E-state index in [1.54, 1.807) is 23.5 Å². The van der Waals surface area contributed by atoms with Gasteiger partial charge < -0.3 is 15.4 Å². The summed E-state index contributed by atoms with van der Waals surface area (Å²) in [6.07, 6.45) is 6.89. The number of anilines is 1. The quantitative estimate of drug-likeness (QED) is 0.569. The highest BCUT2D eigenvalue weighted by Gasteiger charge is 2.45. The third kappa shape index (κ3) is 4.77. The van der Waals surface area contributed by atoms with Crippen molar-refractivity contribution < 1.29 is 13.9 Å². The highest BCUT2D eigenvalue weighted by molar-refractivity contribution is 5.85. The second kappa shape index (κ2) is 9.73. The molecule has 0 radical (unpaired) electrons. The van der Waals surface area contributed by atoms with Crippen molar-refractivity contribution in [1.29, 1.82) is 0 Å². The normalized spacial score (nSPS) is 19.2. The Bertz CT molecular complexity index is 1170. The maximum Gasteiger partial charge on any atom is 0.298 e. The predicted octanol–water partition coefficient (Wildman–Crippen LogP) is 2.37. The molecule has 10 nitrogen and oxygen atoms in total. The van der Waals surface area contributed by atoms with Crippen molar-refractivity contribution in [1.82, 2.24) is 34.3 Å². The van der Waals surface area contributed by atoms with Gasteiger partial charge in [-0.3, -0.25) is 14.3 Å². The number of ether oxygens (including phenoxy) is 1. The summed E-state index contributed by atoms with van der Waals surface area (Å²) in [6, 6.07) is 4.41. The second-order valence-electron chi connectivity index (χ2n) is 9.26. The molecule has 0 unspecified atom stereocenters. The van der Waals surface area contributed by atoms with Crippen molar-refractivity contribution in [3.8, 4) is 6.01 Å². The number of nitrogens with zero attached hydrogens (tertiary/aromatic N) is 7. The maximum absolute atomic E-state index is 15.8. The Kier molecular flexibility index (Phi) is 6.50. The molecule has 2 N–H and O–H groups in total. The van der Waals surface area contributed by atoms with Crippen LogP contribution in [0.2, 0.25) is 0 Å². The first-order valence-corrected chi connectivity index (χ1v) is 12.2. The number of hydrogen-bond acceptors (Lipinski definition) is 8. The molecule has 2 aliphatic heterocycles. The summed E-state index contributed by atoms with van der Waals surface area (Å²) in [7, 11) is 0. The first-order chi connectivity index (χ1) is 17.0. The summed E-state index contributed by atoms with van der Waals surface area (Å²) in [6.45, 7) is 5.06. The zero-order valence-electron chi connectivity index (χ0n) is 19.9. The first-order valence-electron chi connectivity index (χ1n) is 12.2. The molecular formula is C24H31FN8O2. The van der Waals surface area contributed by atoms with E-state index in [0.29, 0.717) is 58.2 Å². The van der Waals surface area contributed by atoms with Crippen LogP contribution in [0.25, 0.3) is 11.2 Å². The van der Waals surface area contributed by atoms with Crippen LogP contribution >= 0.6 is 0 Å². The third-order valence-electron chi connectivity index (χ3n) is 6.97. The number of fused-ring (bicyclic) bond motifs is 1. The Morgan fingerprint density at radius 1 is 1.17 bits per heavy atom. The summed E-state index contributed by atoms with van der Waals surface area (Å²) in [4.78, 5) is 34.1. The Hall–Kier alpha value is -3.34. The molecule has 0 aliphatic carbocycles. The first kappa shape index (κ1) is 23.4. The van der Waals surface area contributed by atoms with Gasteiger partial charge in [-0.1, -0.05) is 0 Å². The van der Waals surface area contributed by atoms with E-state index in [2.05, 4.69) is 24.8 Å². The molecule has 0 saturated carbocycles. The monoisotopic (exact) mass is 482 g/mol. The Morgan fingerprint density at radius 3 is 2.57 bits per heavy atom. The van der Waals surface area contributed by atoms with Gasteiger partial charge in [0, 0.05) is 75.8 Å². The second-order valence-corrected chi connectivity index (χ2v) is 9.26. The lowest BCUT2D eigenvalue weighted by Gasteiger charge is -2.40. The fourth-order valence-electron chi connectivity index (χ4n) is 5.06. The van der Waals surface area contributed by atoms with Gasteiger partial charge in [0.2, 0.25) is 5.95 Å². The molecule has 2 fully saturated rings. The van der Waals surface area contributed by atoms with Crippen LogP contribution < -0.4 is 10.5 Å². The molecular weight excluding hydrogens is 451 g/mol. The molecule has 0 aromatic carbocycles. The van der Waals surface area contributed by atoms with E-state index < -0.39 is 5.67 Å². The van der Waals surface area contributed by atoms with Crippen molar-refractivity contribution in [2.24, 2.45) is 0 Å². The number of pyridine rings is 1. The lowest BCUT2D eigenvalue weighted by molar-refractivity contribution is -0.148. The van der Waals surface area contributed by atoms with Crippen molar-refractivity contribution in [3.63, 3.8) is 0 Å². The number of aromatic nitrogens is 5. The van der Waals surface area contributed by atoms with Gasteiger partial charge in [0.15, 0.2) is 11.3 Å². The van der Waals surface area contributed by atoms with Gasteiger partial charge in [0.05, 0.1) is 6.61 Å². The van der Waals surface area contributed by atoms with Crippen LogP contribution in [0.5, 0.6) is 6.01 Å². The fraction of sp³-hybridized carbons (Fsp3) is 0.542. The number of rotatable bonds is 6. The van der Waals surface area contributed by atoms with Gasteiger partial charge in [-0.25, -0.2) is 19.3 Å². The largest absolute Gasteiger partial charge is 0.465 e. The molecule has 186 valence electrons. The SMILES string of the molecule is CCOc1nc2cccnc2n1C1CCN(C(=O)C2(F)CCN(Cc3cnc(N)nc3)CC2)CC1. The number of nitrogen functional groups attached to an aromatic ring is 1. The molecule has 5 rings (SSSR count). The average molecular weight is 483 g/mol. The smallest absolute Gasteiger partial charge is 0.298 e. The van der Waals surface area contributed by atoms with Crippen LogP contribution in [-0.4, -0.2) is 78.7 Å². The van der Waals surface area contributed by atoms with E-state index in [4.69, 9.17) is 10.5 Å². The molecule has 35 heavy (non-hydrogen) atoms. The minimum Gasteiger partial charge on any atom is -0.465 e. The van der Waals surface area contributed by atoms with Gasteiger partial charge >= 0.3 is 0 Å². The van der Waals surface area contributed by atoms with E-state index in [0.717, 1.165) is 16.7 Å². The number of imidazole rings is 1. The number of alkyl halides is 1. The minimum absolute atomic E-state index is 0.0973. The zero-order chi connectivity index (χ0) is 24.4. The van der Waals surface area contributed by atoms with Crippen molar-refractivity contribution in [3.05, 3.63) is 36.3 Å². The standard InChI is InChI=1S/C24H31FN8O2/c1-2-35-23-30-19-4-3-9-27-20(19)33(23)18-5-10-32(11-6-18)21(34)24(25)7-12-31(13-8-24)16-17-14-28-22(26)29-15-17/h3-4,9,14-15,18H,2,5-8,10-13,16H2,1H3,(H2,26,28,29). The summed E-state index contributed by atoms with van der Waals surface area (Å²) in [5.41, 5.74) is 6.21. The lowest BCUT2D eigenvalue weighted by atomic mass is 9.90. The average Bonchev–Trinajstić information content (AvgIpc) is 3.25. The summed E-state index contributed by atoms with van der Waals surface area (Å²) in [5.74, 6) is -0.152. The highest BCUT2D eigenvalue weighted by Crippen LogP contribution is 2.34. The number of likely N-dealkylation sites (tertiary alicyclic amines) is 2. The van der Waals surface area contributed by atoms with Gasteiger partial charge in [0.25, 0.3) is 11.9 Å². The van der Waals surface area contributed by atoms with Gasteiger partial charge in [-0.15, -0.1) is 0 Å². The van der Waals surface area contributed by atoms with Crippen LogP contribution in [0.15, 0.2) is 30.7 Å². The molecule has 11 heteroatoms. The third-order valence-corrected chi connectivity index (χ3v) is 6.97. The van der Waals surface area contributed by atoms with Crippen LogP contribution in [0.1, 0.15) is 44.2 Å². The number of amides is 1. The van der Waals surface area contributed by atoms with Crippen LogP contribution in [0.3, 0.4) is 0 Å². The minimum atomic E-state index is -1.82. The maximum atomic E-state index is 15.8. The molecule has 2 saturated heterocycles. The fourth-order valence-corrected chi connectivity index (χ4v) is 5.06. The van der Waals surface area contributed by atoms with Crippen LogP contribution in [0, 0.1) is 0 Å². The zero-order valence-corrected chi connectivity index (χ0v) is 19.9. The number of nitrogens with two attached hydrogens (primary N) is 1. The van der Waals surface area contributed by atoms with E-state index in [-0.39, 0.29) is 30.7 Å². The van der Waals surface area contributed by atoms with Gasteiger partial charge in [-0.05, 0) is 31.9 Å². The summed E-state index contributed by atoms with van der Waals surface area (Å²) < 4.78 is 23.6. The van der Waals surface area contributed by atoms with Crippen LogP contribution in [-0.2, 0) is 11.3 Å². The van der Waals surface area contributed by atoms with Crippen molar-refractivity contribution in [2.45, 2.75) is 50.9 Å². The molecule has 3 aromatic heterocycles. The molecule has 0 bridgehead atoms.